The summed E-state index contributed by atoms with van der Waals surface area (Å²) in [6.45, 7) is 1.36. The standard InChI is InChI=1S/C8H15NO6S/c1-3-15-8(11)6-9-16(12,13)5-4-7(10)14-2/h9H,3-6H2,1-2H3. The van der Waals surface area contributed by atoms with Gasteiger partial charge in [-0.2, -0.15) is 0 Å². The van der Waals surface area contributed by atoms with Gasteiger partial charge in [0, 0.05) is 0 Å². The molecule has 0 radical (unpaired) electrons. The average Bonchev–Trinajstić information content (AvgIpc) is 2.24. The first kappa shape index (κ1) is 14.8. The number of methoxy groups -OCH3 is 1. The minimum atomic E-state index is -3.65. The van der Waals surface area contributed by atoms with Crippen LogP contribution < -0.4 is 4.72 Å². The fourth-order valence-electron chi connectivity index (χ4n) is 0.773. The van der Waals surface area contributed by atoms with Crippen molar-refractivity contribution in [1.82, 2.24) is 4.72 Å². The molecule has 0 saturated carbocycles. The van der Waals surface area contributed by atoms with Crippen LogP contribution in [0.4, 0.5) is 0 Å². The Labute approximate surface area is 94.2 Å². The summed E-state index contributed by atoms with van der Waals surface area (Å²) in [6, 6.07) is 0. The lowest BCUT2D eigenvalue weighted by molar-refractivity contribution is -0.141. The van der Waals surface area contributed by atoms with Crippen LogP contribution in [0.3, 0.4) is 0 Å². The third kappa shape index (κ3) is 7.18. The molecule has 16 heavy (non-hydrogen) atoms. The van der Waals surface area contributed by atoms with Gasteiger partial charge in [0.1, 0.15) is 6.54 Å². The van der Waals surface area contributed by atoms with Crippen molar-refractivity contribution in [2.75, 3.05) is 26.0 Å². The van der Waals surface area contributed by atoms with Crippen LogP contribution in [0.2, 0.25) is 0 Å². The number of hydrogen-bond acceptors (Lipinski definition) is 6. The SMILES string of the molecule is CCOC(=O)CNS(=O)(=O)CCC(=O)OC. The number of sulfonamides is 1. The molecule has 0 unspecified atom stereocenters. The lowest BCUT2D eigenvalue weighted by Crippen LogP contribution is -2.33. The van der Waals surface area contributed by atoms with Gasteiger partial charge in [-0.05, 0) is 6.92 Å². The zero-order valence-corrected chi connectivity index (χ0v) is 10.0. The Bertz CT molecular complexity index is 336. The molecule has 0 saturated heterocycles. The summed E-state index contributed by atoms with van der Waals surface area (Å²) in [4.78, 5) is 21.5. The van der Waals surface area contributed by atoms with Gasteiger partial charge < -0.3 is 9.47 Å². The fraction of sp³-hybridized carbons (Fsp3) is 0.750. The number of esters is 2. The van der Waals surface area contributed by atoms with Crippen molar-refractivity contribution >= 4 is 22.0 Å². The number of rotatable bonds is 7. The predicted molar refractivity (Wildman–Crippen MR) is 55.1 cm³/mol. The van der Waals surface area contributed by atoms with Crippen molar-refractivity contribution in [3.05, 3.63) is 0 Å². The molecule has 7 nitrogen and oxygen atoms in total. The maximum atomic E-state index is 11.2. The van der Waals surface area contributed by atoms with E-state index in [9.17, 15) is 18.0 Å². The van der Waals surface area contributed by atoms with E-state index in [1.807, 2.05) is 4.72 Å². The monoisotopic (exact) mass is 253 g/mol. The molecule has 0 fully saturated rings. The van der Waals surface area contributed by atoms with Gasteiger partial charge >= 0.3 is 11.9 Å². The van der Waals surface area contributed by atoms with Crippen LogP contribution >= 0.6 is 0 Å². The molecule has 0 spiro atoms. The quantitative estimate of drug-likeness (QED) is 0.586. The minimum absolute atomic E-state index is 0.183. The van der Waals surface area contributed by atoms with E-state index in [1.165, 1.54) is 7.11 Å². The van der Waals surface area contributed by atoms with E-state index >= 15 is 0 Å². The smallest absolute Gasteiger partial charge is 0.320 e. The van der Waals surface area contributed by atoms with Crippen LogP contribution in [-0.4, -0.2) is 46.4 Å². The number of hydrogen-bond donors (Lipinski definition) is 1. The number of carbonyl (C=O) groups excluding carboxylic acids is 2. The maximum Gasteiger partial charge on any atom is 0.320 e. The molecule has 0 aliphatic carbocycles. The minimum Gasteiger partial charge on any atom is -0.469 e. The van der Waals surface area contributed by atoms with Crippen molar-refractivity contribution in [2.24, 2.45) is 0 Å². The van der Waals surface area contributed by atoms with Crippen LogP contribution in [0.15, 0.2) is 0 Å². The molecule has 94 valence electrons. The number of carbonyl (C=O) groups is 2. The molecule has 0 aromatic carbocycles. The largest absolute Gasteiger partial charge is 0.469 e. The van der Waals surface area contributed by atoms with Gasteiger partial charge in [-0.25, -0.2) is 13.1 Å². The Balaban J connectivity index is 3.97. The van der Waals surface area contributed by atoms with E-state index < -0.39 is 34.3 Å². The van der Waals surface area contributed by atoms with Crippen molar-refractivity contribution in [3.8, 4) is 0 Å². The van der Waals surface area contributed by atoms with Crippen molar-refractivity contribution in [2.45, 2.75) is 13.3 Å². The summed E-state index contributed by atoms with van der Waals surface area (Å²) in [6.07, 6.45) is -0.255. The van der Waals surface area contributed by atoms with Crippen LogP contribution in [-0.2, 0) is 29.1 Å². The highest BCUT2D eigenvalue weighted by atomic mass is 32.2. The lowest BCUT2D eigenvalue weighted by Gasteiger charge is -2.05. The Kier molecular flexibility index (Phi) is 6.66. The van der Waals surface area contributed by atoms with Crippen molar-refractivity contribution < 1.29 is 27.5 Å². The highest BCUT2D eigenvalue weighted by molar-refractivity contribution is 7.89. The van der Waals surface area contributed by atoms with E-state index in [-0.39, 0.29) is 13.0 Å². The highest BCUT2D eigenvalue weighted by Crippen LogP contribution is 1.92. The normalized spacial score (nSPS) is 10.9. The summed E-state index contributed by atoms with van der Waals surface area (Å²) in [5.41, 5.74) is 0. The van der Waals surface area contributed by atoms with Gasteiger partial charge in [-0.1, -0.05) is 0 Å². The van der Waals surface area contributed by atoms with Gasteiger partial charge in [0.15, 0.2) is 0 Å². The average molecular weight is 253 g/mol. The third-order valence-corrected chi connectivity index (χ3v) is 2.87. The van der Waals surface area contributed by atoms with Gasteiger partial charge in [0.25, 0.3) is 0 Å². The molecular weight excluding hydrogens is 238 g/mol. The number of ether oxygens (including phenoxy) is 2. The van der Waals surface area contributed by atoms with Gasteiger partial charge in [-0.3, -0.25) is 9.59 Å². The Morgan fingerprint density at radius 2 is 1.88 bits per heavy atom. The van der Waals surface area contributed by atoms with Crippen molar-refractivity contribution in [1.29, 1.82) is 0 Å². The molecule has 0 aromatic heterocycles. The summed E-state index contributed by atoms with van der Waals surface area (Å²) < 4.78 is 33.3. The summed E-state index contributed by atoms with van der Waals surface area (Å²) in [7, 11) is -2.48. The van der Waals surface area contributed by atoms with Gasteiger partial charge in [0.2, 0.25) is 10.0 Å². The van der Waals surface area contributed by atoms with Crippen LogP contribution in [0.25, 0.3) is 0 Å². The van der Waals surface area contributed by atoms with Crippen LogP contribution in [0.5, 0.6) is 0 Å². The molecule has 0 aliphatic rings. The zero-order chi connectivity index (χ0) is 12.6. The first-order valence-corrected chi connectivity index (χ1v) is 6.26. The molecular formula is C8H15NO6S. The van der Waals surface area contributed by atoms with E-state index in [0.29, 0.717) is 0 Å². The summed E-state index contributed by atoms with van der Waals surface area (Å²) in [5.74, 6) is -1.70. The molecule has 0 heterocycles. The highest BCUT2D eigenvalue weighted by Gasteiger charge is 2.15. The topological polar surface area (TPSA) is 98.8 Å². The Morgan fingerprint density at radius 1 is 1.25 bits per heavy atom. The molecule has 0 bridgehead atoms. The van der Waals surface area contributed by atoms with E-state index in [1.54, 1.807) is 6.92 Å². The second kappa shape index (κ2) is 7.18. The van der Waals surface area contributed by atoms with Crippen LogP contribution in [0.1, 0.15) is 13.3 Å². The fourth-order valence-corrected chi connectivity index (χ4v) is 1.69. The second-order valence-corrected chi connectivity index (χ2v) is 4.70. The first-order valence-electron chi connectivity index (χ1n) is 4.61. The van der Waals surface area contributed by atoms with Crippen molar-refractivity contribution in [3.63, 3.8) is 0 Å². The first-order chi connectivity index (χ1) is 7.41. The third-order valence-electron chi connectivity index (χ3n) is 1.54. The molecule has 0 atom stereocenters. The lowest BCUT2D eigenvalue weighted by atomic mass is 10.5. The predicted octanol–water partition coefficient (Wildman–Crippen LogP) is -0.968. The van der Waals surface area contributed by atoms with E-state index in [4.69, 9.17) is 0 Å². The molecule has 0 aromatic rings. The molecule has 0 aliphatic heterocycles. The molecule has 8 heteroatoms. The van der Waals surface area contributed by atoms with Gasteiger partial charge in [-0.15, -0.1) is 0 Å². The van der Waals surface area contributed by atoms with Gasteiger partial charge in [0.05, 0.1) is 25.9 Å². The summed E-state index contributed by atoms with van der Waals surface area (Å²) >= 11 is 0. The Morgan fingerprint density at radius 3 is 2.38 bits per heavy atom. The van der Waals surface area contributed by atoms with E-state index in [2.05, 4.69) is 9.47 Å². The Hall–Kier alpha value is -1.15. The van der Waals surface area contributed by atoms with Crippen LogP contribution in [0, 0.1) is 0 Å². The molecule has 1 N–H and O–H groups in total. The summed E-state index contributed by atoms with van der Waals surface area (Å²) in [5, 5.41) is 0. The molecule has 0 amide bonds. The molecule has 0 rings (SSSR count). The second-order valence-electron chi connectivity index (χ2n) is 2.77. The number of nitrogens with one attached hydrogen (secondary N) is 1. The zero-order valence-electron chi connectivity index (χ0n) is 9.19. The van der Waals surface area contributed by atoms with E-state index in [0.717, 1.165) is 0 Å². The maximum absolute atomic E-state index is 11.2.